The van der Waals surface area contributed by atoms with E-state index in [1.54, 1.807) is 0 Å². The molecule has 0 atom stereocenters. The number of esters is 1. The Bertz CT molecular complexity index is 801. The number of nitrogens with zero attached hydrogens (tertiary/aromatic N) is 4. The van der Waals surface area contributed by atoms with Crippen molar-refractivity contribution in [3.05, 3.63) is 60.2 Å². The molecule has 6 nitrogen and oxygen atoms in total. The fourth-order valence-corrected chi connectivity index (χ4v) is 2.60. The van der Waals surface area contributed by atoms with Gasteiger partial charge in [0.1, 0.15) is 5.52 Å². The van der Waals surface area contributed by atoms with E-state index in [2.05, 4.69) is 27.3 Å². The quantitative estimate of drug-likeness (QED) is 0.625. The monoisotopic (exact) mass is 324 g/mol. The molecule has 124 valence electrons. The van der Waals surface area contributed by atoms with Crippen molar-refractivity contribution in [1.29, 1.82) is 0 Å². The summed E-state index contributed by atoms with van der Waals surface area (Å²) >= 11 is 0. The Labute approximate surface area is 140 Å². The van der Waals surface area contributed by atoms with Gasteiger partial charge in [-0.3, -0.25) is 9.69 Å². The minimum absolute atomic E-state index is 0.212. The highest BCUT2D eigenvalue weighted by atomic mass is 16.5. The zero-order chi connectivity index (χ0) is 16.8. The van der Waals surface area contributed by atoms with Crippen molar-refractivity contribution in [1.82, 2.24) is 19.9 Å². The second-order valence-corrected chi connectivity index (χ2v) is 5.58. The first-order chi connectivity index (χ1) is 11.8. The molecule has 0 spiro atoms. The van der Waals surface area contributed by atoms with Gasteiger partial charge >= 0.3 is 5.97 Å². The molecule has 0 fully saturated rings. The van der Waals surface area contributed by atoms with Crippen LogP contribution in [0.15, 0.2) is 54.6 Å². The third kappa shape index (κ3) is 3.97. The number of benzene rings is 2. The number of ether oxygens (including phenoxy) is 1. The van der Waals surface area contributed by atoms with Crippen LogP contribution < -0.4 is 0 Å². The standard InChI is InChI=1S/C18H20N4O2/c1-24-18(23)11-12-21(13-15-7-3-2-4-8-15)14-22-17-10-6-5-9-16(17)19-20-22/h2-10H,11-14H2,1H3. The maximum atomic E-state index is 11.5. The highest BCUT2D eigenvalue weighted by Gasteiger charge is 2.12. The van der Waals surface area contributed by atoms with Crippen LogP contribution in [0.25, 0.3) is 11.0 Å². The maximum absolute atomic E-state index is 11.5. The molecule has 1 heterocycles. The lowest BCUT2D eigenvalue weighted by molar-refractivity contribution is -0.141. The summed E-state index contributed by atoms with van der Waals surface area (Å²) in [6.07, 6.45) is 0.343. The molecule has 6 heteroatoms. The summed E-state index contributed by atoms with van der Waals surface area (Å²) in [7, 11) is 1.41. The van der Waals surface area contributed by atoms with Crippen LogP contribution in [0.4, 0.5) is 0 Å². The lowest BCUT2D eigenvalue weighted by Crippen LogP contribution is -2.29. The third-order valence-corrected chi connectivity index (χ3v) is 3.86. The van der Waals surface area contributed by atoms with Gasteiger partial charge in [-0.1, -0.05) is 47.7 Å². The molecule has 0 saturated carbocycles. The van der Waals surface area contributed by atoms with Crippen LogP contribution in [0.5, 0.6) is 0 Å². The number of rotatable bonds is 7. The van der Waals surface area contributed by atoms with E-state index in [-0.39, 0.29) is 5.97 Å². The van der Waals surface area contributed by atoms with Crippen molar-refractivity contribution in [3.63, 3.8) is 0 Å². The first-order valence-electron chi connectivity index (χ1n) is 7.87. The van der Waals surface area contributed by atoms with E-state index in [0.717, 1.165) is 17.6 Å². The lowest BCUT2D eigenvalue weighted by atomic mass is 10.2. The number of hydrogen-bond acceptors (Lipinski definition) is 5. The molecule has 0 aliphatic heterocycles. The molecule has 0 bridgehead atoms. The van der Waals surface area contributed by atoms with E-state index in [1.807, 2.05) is 47.1 Å². The summed E-state index contributed by atoms with van der Waals surface area (Å²) < 4.78 is 6.61. The van der Waals surface area contributed by atoms with Crippen LogP contribution in [-0.2, 0) is 22.7 Å². The number of carbonyl (C=O) groups excluding carboxylic acids is 1. The fourth-order valence-electron chi connectivity index (χ4n) is 2.60. The number of para-hydroxylation sites is 1. The SMILES string of the molecule is COC(=O)CCN(Cc1ccccc1)Cn1nnc2ccccc21. The van der Waals surface area contributed by atoms with Crippen LogP contribution in [0.2, 0.25) is 0 Å². The summed E-state index contributed by atoms with van der Waals surface area (Å²) in [5.74, 6) is -0.212. The summed E-state index contributed by atoms with van der Waals surface area (Å²) in [6, 6.07) is 18.0. The van der Waals surface area contributed by atoms with Crippen molar-refractivity contribution < 1.29 is 9.53 Å². The molecule has 0 amide bonds. The topological polar surface area (TPSA) is 60.2 Å². The van der Waals surface area contributed by atoms with E-state index in [4.69, 9.17) is 4.74 Å². The summed E-state index contributed by atoms with van der Waals surface area (Å²) in [6.45, 7) is 1.88. The van der Waals surface area contributed by atoms with Gasteiger partial charge in [-0.25, -0.2) is 4.68 Å². The summed E-state index contributed by atoms with van der Waals surface area (Å²) in [5.41, 5.74) is 3.03. The molecular weight excluding hydrogens is 304 g/mol. The van der Waals surface area contributed by atoms with Gasteiger partial charge in [0, 0.05) is 13.1 Å². The normalized spacial score (nSPS) is 11.1. The Kier molecular flexibility index (Phi) is 5.18. The van der Waals surface area contributed by atoms with Crippen LogP contribution in [-0.4, -0.2) is 39.5 Å². The van der Waals surface area contributed by atoms with Crippen LogP contribution in [0.1, 0.15) is 12.0 Å². The van der Waals surface area contributed by atoms with E-state index in [0.29, 0.717) is 19.6 Å². The Morgan fingerprint density at radius 3 is 2.67 bits per heavy atom. The second-order valence-electron chi connectivity index (χ2n) is 5.58. The minimum Gasteiger partial charge on any atom is -0.469 e. The van der Waals surface area contributed by atoms with Gasteiger partial charge in [0.15, 0.2) is 0 Å². The average Bonchev–Trinajstić information content (AvgIpc) is 3.03. The largest absolute Gasteiger partial charge is 0.469 e. The van der Waals surface area contributed by atoms with Gasteiger partial charge in [-0.15, -0.1) is 5.10 Å². The van der Waals surface area contributed by atoms with E-state index in [1.165, 1.54) is 12.7 Å². The molecule has 24 heavy (non-hydrogen) atoms. The van der Waals surface area contributed by atoms with Crippen molar-refractivity contribution in [3.8, 4) is 0 Å². The zero-order valence-electron chi connectivity index (χ0n) is 13.6. The smallest absolute Gasteiger partial charge is 0.306 e. The Morgan fingerprint density at radius 1 is 1.12 bits per heavy atom. The number of carbonyl (C=O) groups is 1. The van der Waals surface area contributed by atoms with Crippen LogP contribution >= 0.6 is 0 Å². The number of methoxy groups -OCH3 is 1. The number of aromatic nitrogens is 3. The van der Waals surface area contributed by atoms with Crippen LogP contribution in [0, 0.1) is 0 Å². The molecular formula is C18H20N4O2. The second kappa shape index (κ2) is 7.70. The van der Waals surface area contributed by atoms with Crippen molar-refractivity contribution in [2.45, 2.75) is 19.6 Å². The van der Waals surface area contributed by atoms with E-state index >= 15 is 0 Å². The fraction of sp³-hybridized carbons (Fsp3) is 0.278. The van der Waals surface area contributed by atoms with Gasteiger partial charge in [0.05, 0.1) is 25.7 Å². The zero-order valence-corrected chi connectivity index (χ0v) is 13.6. The first-order valence-corrected chi connectivity index (χ1v) is 7.87. The van der Waals surface area contributed by atoms with Gasteiger partial charge in [-0.2, -0.15) is 0 Å². The van der Waals surface area contributed by atoms with E-state index < -0.39 is 0 Å². The highest BCUT2D eigenvalue weighted by Crippen LogP contribution is 2.12. The van der Waals surface area contributed by atoms with Crippen LogP contribution in [0.3, 0.4) is 0 Å². The van der Waals surface area contributed by atoms with Gasteiger partial charge < -0.3 is 4.74 Å². The van der Waals surface area contributed by atoms with Gasteiger partial charge in [0.25, 0.3) is 0 Å². The Hall–Kier alpha value is -2.73. The third-order valence-electron chi connectivity index (χ3n) is 3.86. The predicted octanol–water partition coefficient (Wildman–Crippen LogP) is 2.45. The summed E-state index contributed by atoms with van der Waals surface area (Å²) in [4.78, 5) is 13.7. The first kappa shape index (κ1) is 16.1. The van der Waals surface area contributed by atoms with Crippen molar-refractivity contribution in [2.24, 2.45) is 0 Å². The lowest BCUT2D eigenvalue weighted by Gasteiger charge is -2.22. The predicted molar refractivity (Wildman–Crippen MR) is 91.0 cm³/mol. The number of hydrogen-bond donors (Lipinski definition) is 0. The molecule has 1 aromatic heterocycles. The molecule has 3 aromatic rings. The highest BCUT2D eigenvalue weighted by molar-refractivity contribution is 5.73. The molecule has 3 rings (SSSR count). The average molecular weight is 324 g/mol. The van der Waals surface area contributed by atoms with Crippen molar-refractivity contribution in [2.75, 3.05) is 13.7 Å². The molecule has 0 radical (unpaired) electrons. The maximum Gasteiger partial charge on any atom is 0.306 e. The van der Waals surface area contributed by atoms with E-state index in [9.17, 15) is 4.79 Å². The summed E-state index contributed by atoms with van der Waals surface area (Å²) in [5, 5.41) is 8.42. The molecule has 0 unspecified atom stereocenters. The molecule has 0 N–H and O–H groups in total. The van der Waals surface area contributed by atoms with Crippen molar-refractivity contribution >= 4 is 17.0 Å². The minimum atomic E-state index is -0.212. The molecule has 0 saturated heterocycles. The van der Waals surface area contributed by atoms with Gasteiger partial charge in [0.2, 0.25) is 0 Å². The Morgan fingerprint density at radius 2 is 1.88 bits per heavy atom. The molecule has 2 aromatic carbocycles. The number of fused-ring (bicyclic) bond motifs is 1. The van der Waals surface area contributed by atoms with Gasteiger partial charge in [-0.05, 0) is 17.7 Å². The Balaban J connectivity index is 1.76. The molecule has 0 aliphatic carbocycles. The molecule has 0 aliphatic rings.